The van der Waals surface area contributed by atoms with Crippen LogP contribution in [-0.2, 0) is 0 Å². The van der Waals surface area contributed by atoms with Crippen LogP contribution < -0.4 is 5.32 Å². The third-order valence-electron chi connectivity index (χ3n) is 5.16. The molecular formula is C17H21N3. The van der Waals surface area contributed by atoms with E-state index in [9.17, 15) is 0 Å². The Morgan fingerprint density at radius 2 is 1.90 bits per heavy atom. The normalized spacial score (nSPS) is 29.1. The van der Waals surface area contributed by atoms with E-state index in [0.717, 1.165) is 23.4 Å². The molecule has 2 aliphatic rings. The van der Waals surface area contributed by atoms with Gasteiger partial charge in [0.25, 0.3) is 0 Å². The number of rotatable bonds is 4. The molecule has 3 unspecified atom stereocenters. The molecule has 3 nitrogen and oxygen atoms in total. The minimum absolute atomic E-state index is 0.438. The van der Waals surface area contributed by atoms with Crippen LogP contribution in [0.1, 0.15) is 31.0 Å². The zero-order valence-corrected chi connectivity index (χ0v) is 11.9. The molecule has 2 aliphatic carbocycles. The van der Waals surface area contributed by atoms with Crippen molar-refractivity contribution in [2.75, 3.05) is 7.05 Å². The number of hydrogen-bond acceptors (Lipinski definition) is 2. The summed E-state index contributed by atoms with van der Waals surface area (Å²) in [7, 11) is 2.08. The number of nitrogens with zero attached hydrogens (tertiary/aromatic N) is 2. The smallest absolute Gasteiger partial charge is 0.0649 e. The number of hydrogen-bond donors (Lipinski definition) is 1. The third-order valence-corrected chi connectivity index (χ3v) is 5.16. The maximum absolute atomic E-state index is 4.54. The minimum atomic E-state index is 0.438. The predicted octanol–water partition coefficient (Wildman–Crippen LogP) is 3.18. The molecular weight excluding hydrogens is 246 g/mol. The largest absolute Gasteiger partial charge is 0.311 e. The van der Waals surface area contributed by atoms with Crippen molar-refractivity contribution in [1.82, 2.24) is 15.1 Å². The Morgan fingerprint density at radius 1 is 1.15 bits per heavy atom. The van der Waals surface area contributed by atoms with Gasteiger partial charge in [-0.1, -0.05) is 24.6 Å². The molecule has 2 fully saturated rings. The Morgan fingerprint density at radius 3 is 2.60 bits per heavy atom. The van der Waals surface area contributed by atoms with E-state index in [1.165, 1.54) is 25.0 Å². The van der Waals surface area contributed by atoms with Crippen LogP contribution in [0, 0.1) is 17.8 Å². The van der Waals surface area contributed by atoms with Crippen LogP contribution in [0.15, 0.2) is 42.6 Å². The zero-order valence-electron chi connectivity index (χ0n) is 11.9. The van der Waals surface area contributed by atoms with E-state index >= 15 is 0 Å². The topological polar surface area (TPSA) is 29.9 Å². The molecule has 3 heteroatoms. The average Bonchev–Trinajstić information content (AvgIpc) is 2.91. The highest BCUT2D eigenvalue weighted by molar-refractivity contribution is 5.34. The van der Waals surface area contributed by atoms with Crippen molar-refractivity contribution in [3.05, 3.63) is 48.3 Å². The van der Waals surface area contributed by atoms with Gasteiger partial charge >= 0.3 is 0 Å². The van der Waals surface area contributed by atoms with Crippen LogP contribution in [0.5, 0.6) is 0 Å². The van der Waals surface area contributed by atoms with Gasteiger partial charge < -0.3 is 5.32 Å². The van der Waals surface area contributed by atoms with E-state index in [2.05, 4.69) is 52.5 Å². The van der Waals surface area contributed by atoms with Crippen LogP contribution in [0.25, 0.3) is 5.69 Å². The van der Waals surface area contributed by atoms with Crippen LogP contribution >= 0.6 is 0 Å². The quantitative estimate of drug-likeness (QED) is 0.922. The van der Waals surface area contributed by atoms with Gasteiger partial charge in [0, 0.05) is 6.20 Å². The van der Waals surface area contributed by atoms with Crippen LogP contribution in [-0.4, -0.2) is 16.8 Å². The van der Waals surface area contributed by atoms with Crippen molar-refractivity contribution < 1.29 is 0 Å². The number of nitrogens with one attached hydrogen (secondary N) is 1. The van der Waals surface area contributed by atoms with Crippen molar-refractivity contribution in [2.24, 2.45) is 17.8 Å². The SMILES string of the molecule is CNC(c1ccnn1-c1ccccc1)C1C2CCCC21. The Bertz CT molecular complexity index is 579. The van der Waals surface area contributed by atoms with Crippen molar-refractivity contribution in [2.45, 2.75) is 25.3 Å². The van der Waals surface area contributed by atoms with Gasteiger partial charge in [0.05, 0.1) is 17.4 Å². The lowest BCUT2D eigenvalue weighted by molar-refractivity contribution is 0.428. The van der Waals surface area contributed by atoms with E-state index in [1.807, 2.05) is 12.3 Å². The van der Waals surface area contributed by atoms with Gasteiger partial charge in [0.2, 0.25) is 0 Å². The van der Waals surface area contributed by atoms with Gasteiger partial charge in [-0.25, -0.2) is 4.68 Å². The first-order valence-corrected chi connectivity index (χ1v) is 7.67. The molecule has 0 aliphatic heterocycles. The molecule has 104 valence electrons. The second-order valence-electron chi connectivity index (χ2n) is 6.11. The fraction of sp³-hybridized carbons (Fsp3) is 0.471. The summed E-state index contributed by atoms with van der Waals surface area (Å²) in [5, 5.41) is 8.08. The zero-order chi connectivity index (χ0) is 13.5. The van der Waals surface area contributed by atoms with Gasteiger partial charge in [-0.15, -0.1) is 0 Å². The second kappa shape index (κ2) is 4.74. The number of para-hydroxylation sites is 1. The average molecular weight is 267 g/mol. The van der Waals surface area contributed by atoms with Crippen LogP contribution in [0.3, 0.4) is 0 Å². The summed E-state index contributed by atoms with van der Waals surface area (Å²) in [6.07, 6.45) is 6.20. The molecule has 0 amide bonds. The second-order valence-corrected chi connectivity index (χ2v) is 6.11. The summed E-state index contributed by atoms with van der Waals surface area (Å²) in [5.74, 6) is 2.71. The molecule has 1 aromatic carbocycles. The summed E-state index contributed by atoms with van der Waals surface area (Å²) in [5.41, 5.74) is 2.46. The predicted molar refractivity (Wildman–Crippen MR) is 79.7 cm³/mol. The van der Waals surface area contributed by atoms with Gasteiger partial charge in [0.1, 0.15) is 0 Å². The van der Waals surface area contributed by atoms with E-state index < -0.39 is 0 Å². The summed E-state index contributed by atoms with van der Waals surface area (Å²) in [6, 6.07) is 13.0. The molecule has 20 heavy (non-hydrogen) atoms. The lowest BCUT2D eigenvalue weighted by Crippen LogP contribution is -2.23. The van der Waals surface area contributed by atoms with E-state index in [-0.39, 0.29) is 0 Å². The highest BCUT2D eigenvalue weighted by Gasteiger charge is 2.56. The standard InChI is InChI=1S/C17H21N3/c1-18-17(16-13-8-5-9-14(13)16)15-10-11-19-20(15)12-6-3-2-4-7-12/h2-4,6-7,10-11,13-14,16-18H,5,8-9H2,1H3. The van der Waals surface area contributed by atoms with Gasteiger partial charge in [-0.3, -0.25) is 0 Å². The Kier molecular flexibility index (Phi) is 2.88. The molecule has 0 bridgehead atoms. The molecule has 1 N–H and O–H groups in total. The summed E-state index contributed by atoms with van der Waals surface area (Å²) in [6.45, 7) is 0. The first-order valence-electron chi connectivity index (χ1n) is 7.67. The summed E-state index contributed by atoms with van der Waals surface area (Å²) in [4.78, 5) is 0. The van der Waals surface area contributed by atoms with Crippen molar-refractivity contribution >= 4 is 0 Å². The first kappa shape index (κ1) is 12.2. The fourth-order valence-corrected chi connectivity index (χ4v) is 4.24. The maximum atomic E-state index is 4.54. The monoisotopic (exact) mass is 267 g/mol. The molecule has 0 radical (unpaired) electrons. The van der Waals surface area contributed by atoms with Gasteiger partial charge in [-0.05, 0) is 55.8 Å². The molecule has 0 spiro atoms. The molecule has 2 aromatic rings. The van der Waals surface area contributed by atoms with E-state index in [0.29, 0.717) is 6.04 Å². The van der Waals surface area contributed by atoms with Crippen molar-refractivity contribution in [1.29, 1.82) is 0 Å². The van der Waals surface area contributed by atoms with E-state index in [1.54, 1.807) is 0 Å². The first-order chi connectivity index (χ1) is 9.90. The minimum Gasteiger partial charge on any atom is -0.311 e. The maximum Gasteiger partial charge on any atom is 0.0649 e. The third kappa shape index (κ3) is 1.80. The number of fused-ring (bicyclic) bond motifs is 1. The molecule has 3 atom stereocenters. The molecule has 0 saturated heterocycles. The highest BCUT2D eigenvalue weighted by Crippen LogP contribution is 2.62. The Hall–Kier alpha value is -1.61. The summed E-state index contributed by atoms with van der Waals surface area (Å²) < 4.78 is 2.09. The van der Waals surface area contributed by atoms with Crippen LogP contribution in [0.2, 0.25) is 0 Å². The molecule has 1 aromatic heterocycles. The number of aromatic nitrogens is 2. The fourth-order valence-electron chi connectivity index (χ4n) is 4.24. The lowest BCUT2D eigenvalue weighted by Gasteiger charge is -2.20. The molecule has 4 rings (SSSR count). The molecule has 2 saturated carbocycles. The van der Waals surface area contributed by atoms with Gasteiger partial charge in [-0.2, -0.15) is 5.10 Å². The molecule has 1 heterocycles. The summed E-state index contributed by atoms with van der Waals surface area (Å²) >= 11 is 0. The van der Waals surface area contributed by atoms with Gasteiger partial charge in [0.15, 0.2) is 0 Å². The highest BCUT2D eigenvalue weighted by atomic mass is 15.3. The van der Waals surface area contributed by atoms with Crippen LogP contribution in [0.4, 0.5) is 0 Å². The number of benzene rings is 1. The Labute approximate surface area is 120 Å². The lowest BCUT2D eigenvalue weighted by atomic mass is 10.0. The van der Waals surface area contributed by atoms with E-state index in [4.69, 9.17) is 0 Å². The van der Waals surface area contributed by atoms with Crippen molar-refractivity contribution in [3.8, 4) is 5.69 Å². The Balaban J connectivity index is 1.67. The van der Waals surface area contributed by atoms with Crippen molar-refractivity contribution in [3.63, 3.8) is 0 Å².